The Balaban J connectivity index is 2.08. The van der Waals surface area contributed by atoms with Crippen LogP contribution in [0.5, 0.6) is 0 Å². The molecule has 1 amide bonds. The number of rotatable bonds is 5. The van der Waals surface area contributed by atoms with Crippen molar-refractivity contribution in [3.63, 3.8) is 0 Å². The number of benzene rings is 1. The summed E-state index contributed by atoms with van der Waals surface area (Å²) in [5.74, 6) is -0.186. The van der Waals surface area contributed by atoms with Gasteiger partial charge in [-0.1, -0.05) is 0 Å². The Bertz CT molecular complexity index is 592. The van der Waals surface area contributed by atoms with Crippen molar-refractivity contribution in [2.24, 2.45) is 7.05 Å². The molecule has 1 aromatic carbocycles. The number of hydrogen-bond donors (Lipinski definition) is 1. The van der Waals surface area contributed by atoms with Crippen LogP contribution in [0.15, 0.2) is 30.3 Å². The minimum absolute atomic E-state index is 0.186. The SMILES string of the molecule is CCN(CC)c1ccc(NC(=O)c2cc(C)n(C)n2)cc1. The number of nitrogens with zero attached hydrogens (tertiary/aromatic N) is 3. The highest BCUT2D eigenvalue weighted by Gasteiger charge is 2.11. The van der Waals surface area contributed by atoms with E-state index in [1.165, 1.54) is 0 Å². The van der Waals surface area contributed by atoms with E-state index < -0.39 is 0 Å². The zero-order chi connectivity index (χ0) is 15.4. The van der Waals surface area contributed by atoms with E-state index in [0.29, 0.717) is 5.69 Å². The number of aryl methyl sites for hydroxylation is 2. The summed E-state index contributed by atoms with van der Waals surface area (Å²) in [5, 5.41) is 7.04. The van der Waals surface area contributed by atoms with Gasteiger partial charge in [0.1, 0.15) is 0 Å². The Hall–Kier alpha value is -2.30. The van der Waals surface area contributed by atoms with E-state index in [2.05, 4.69) is 29.2 Å². The van der Waals surface area contributed by atoms with Gasteiger partial charge < -0.3 is 10.2 Å². The fourth-order valence-corrected chi connectivity index (χ4v) is 2.21. The molecule has 0 spiro atoms. The lowest BCUT2D eigenvalue weighted by Crippen LogP contribution is -2.21. The van der Waals surface area contributed by atoms with Crippen LogP contribution in [0.4, 0.5) is 11.4 Å². The third-order valence-corrected chi connectivity index (χ3v) is 3.60. The second kappa shape index (κ2) is 6.43. The monoisotopic (exact) mass is 286 g/mol. The van der Waals surface area contributed by atoms with E-state index in [9.17, 15) is 4.79 Å². The second-order valence-corrected chi connectivity index (χ2v) is 4.97. The van der Waals surface area contributed by atoms with E-state index in [1.807, 2.05) is 38.2 Å². The number of amides is 1. The predicted octanol–water partition coefficient (Wildman–Crippen LogP) is 2.83. The van der Waals surface area contributed by atoms with E-state index in [-0.39, 0.29) is 5.91 Å². The Kier molecular flexibility index (Phi) is 4.62. The maximum absolute atomic E-state index is 12.1. The quantitative estimate of drug-likeness (QED) is 0.919. The van der Waals surface area contributed by atoms with Crippen LogP contribution < -0.4 is 10.2 Å². The summed E-state index contributed by atoms with van der Waals surface area (Å²) < 4.78 is 1.69. The summed E-state index contributed by atoms with van der Waals surface area (Å²) in [6.07, 6.45) is 0. The molecular weight excluding hydrogens is 264 g/mol. The highest BCUT2D eigenvalue weighted by atomic mass is 16.1. The molecule has 0 aliphatic carbocycles. The Labute approximate surface area is 125 Å². The lowest BCUT2D eigenvalue weighted by Gasteiger charge is -2.21. The van der Waals surface area contributed by atoms with Gasteiger partial charge in [0.05, 0.1) is 0 Å². The highest BCUT2D eigenvalue weighted by Crippen LogP contribution is 2.18. The molecule has 0 fully saturated rings. The molecule has 2 aromatic rings. The molecule has 1 N–H and O–H groups in total. The van der Waals surface area contributed by atoms with Gasteiger partial charge in [0, 0.05) is 37.2 Å². The fraction of sp³-hybridized carbons (Fsp3) is 0.375. The molecule has 0 saturated carbocycles. The van der Waals surface area contributed by atoms with Crippen molar-refractivity contribution in [1.29, 1.82) is 0 Å². The molecule has 112 valence electrons. The van der Waals surface area contributed by atoms with Gasteiger partial charge in [-0.05, 0) is 51.1 Å². The molecule has 0 unspecified atom stereocenters. The average Bonchev–Trinajstić information content (AvgIpc) is 2.82. The maximum Gasteiger partial charge on any atom is 0.276 e. The zero-order valence-electron chi connectivity index (χ0n) is 13.1. The van der Waals surface area contributed by atoms with Gasteiger partial charge in [-0.3, -0.25) is 9.48 Å². The van der Waals surface area contributed by atoms with Crippen molar-refractivity contribution >= 4 is 17.3 Å². The van der Waals surface area contributed by atoms with Gasteiger partial charge >= 0.3 is 0 Å². The van der Waals surface area contributed by atoms with Gasteiger partial charge in [-0.2, -0.15) is 5.10 Å². The topological polar surface area (TPSA) is 50.2 Å². The second-order valence-electron chi connectivity index (χ2n) is 4.97. The molecule has 0 aliphatic rings. The summed E-state index contributed by atoms with van der Waals surface area (Å²) in [6.45, 7) is 8.11. The van der Waals surface area contributed by atoms with Crippen LogP contribution in [0.25, 0.3) is 0 Å². The van der Waals surface area contributed by atoms with E-state index in [1.54, 1.807) is 10.7 Å². The van der Waals surface area contributed by atoms with Crippen molar-refractivity contribution in [2.45, 2.75) is 20.8 Å². The fourth-order valence-electron chi connectivity index (χ4n) is 2.21. The molecule has 0 saturated heterocycles. The summed E-state index contributed by atoms with van der Waals surface area (Å²) >= 11 is 0. The Morgan fingerprint density at radius 3 is 2.33 bits per heavy atom. The first-order valence-corrected chi connectivity index (χ1v) is 7.22. The maximum atomic E-state index is 12.1. The summed E-state index contributed by atoms with van der Waals surface area (Å²) in [6, 6.07) is 9.65. The lowest BCUT2D eigenvalue weighted by atomic mass is 10.2. The number of nitrogens with one attached hydrogen (secondary N) is 1. The summed E-state index contributed by atoms with van der Waals surface area (Å²) in [4.78, 5) is 14.4. The van der Waals surface area contributed by atoms with Crippen LogP contribution in [-0.2, 0) is 7.05 Å². The standard InChI is InChI=1S/C16H22N4O/c1-5-20(6-2)14-9-7-13(8-10-14)17-16(21)15-11-12(3)19(4)18-15/h7-11H,5-6H2,1-4H3,(H,17,21). The number of hydrogen-bond acceptors (Lipinski definition) is 3. The van der Waals surface area contributed by atoms with Crippen molar-refractivity contribution < 1.29 is 4.79 Å². The Morgan fingerprint density at radius 1 is 1.24 bits per heavy atom. The molecule has 1 aromatic heterocycles. The number of carbonyl (C=O) groups excluding carboxylic acids is 1. The number of anilines is 2. The van der Waals surface area contributed by atoms with Crippen molar-refractivity contribution in [1.82, 2.24) is 9.78 Å². The van der Waals surface area contributed by atoms with Gasteiger partial charge in [0.15, 0.2) is 5.69 Å². The lowest BCUT2D eigenvalue weighted by molar-refractivity contribution is 0.102. The van der Waals surface area contributed by atoms with Gasteiger partial charge in [-0.15, -0.1) is 0 Å². The highest BCUT2D eigenvalue weighted by molar-refractivity contribution is 6.03. The smallest absolute Gasteiger partial charge is 0.276 e. The first-order chi connectivity index (χ1) is 10.0. The van der Waals surface area contributed by atoms with E-state index in [4.69, 9.17) is 0 Å². The molecule has 21 heavy (non-hydrogen) atoms. The van der Waals surface area contributed by atoms with E-state index >= 15 is 0 Å². The molecule has 5 nitrogen and oxygen atoms in total. The molecule has 0 radical (unpaired) electrons. The molecule has 1 heterocycles. The van der Waals surface area contributed by atoms with Crippen LogP contribution >= 0.6 is 0 Å². The summed E-state index contributed by atoms with van der Waals surface area (Å²) in [7, 11) is 1.82. The molecule has 5 heteroatoms. The largest absolute Gasteiger partial charge is 0.372 e. The minimum atomic E-state index is -0.186. The van der Waals surface area contributed by atoms with Gasteiger partial charge in [0.25, 0.3) is 5.91 Å². The number of aromatic nitrogens is 2. The van der Waals surface area contributed by atoms with Crippen LogP contribution in [0.1, 0.15) is 30.0 Å². The normalized spacial score (nSPS) is 10.5. The first-order valence-electron chi connectivity index (χ1n) is 7.22. The first kappa shape index (κ1) is 15.1. The molecule has 2 rings (SSSR count). The predicted molar refractivity (Wildman–Crippen MR) is 85.9 cm³/mol. The molecule has 0 aliphatic heterocycles. The molecule has 0 bridgehead atoms. The van der Waals surface area contributed by atoms with Gasteiger partial charge in [0.2, 0.25) is 0 Å². The zero-order valence-corrected chi connectivity index (χ0v) is 13.1. The average molecular weight is 286 g/mol. The summed E-state index contributed by atoms with van der Waals surface area (Å²) in [5.41, 5.74) is 3.32. The van der Waals surface area contributed by atoms with Crippen molar-refractivity contribution in [3.8, 4) is 0 Å². The number of carbonyl (C=O) groups is 1. The van der Waals surface area contributed by atoms with Crippen LogP contribution in [0, 0.1) is 6.92 Å². The Morgan fingerprint density at radius 2 is 1.86 bits per heavy atom. The van der Waals surface area contributed by atoms with Crippen molar-refractivity contribution in [3.05, 3.63) is 41.7 Å². The van der Waals surface area contributed by atoms with Crippen LogP contribution in [0.2, 0.25) is 0 Å². The van der Waals surface area contributed by atoms with Crippen LogP contribution in [0.3, 0.4) is 0 Å². The van der Waals surface area contributed by atoms with E-state index in [0.717, 1.165) is 30.2 Å². The van der Waals surface area contributed by atoms with Gasteiger partial charge in [-0.25, -0.2) is 0 Å². The van der Waals surface area contributed by atoms with Crippen molar-refractivity contribution in [2.75, 3.05) is 23.3 Å². The molecular formula is C16H22N4O. The minimum Gasteiger partial charge on any atom is -0.372 e. The van der Waals surface area contributed by atoms with Crippen LogP contribution in [-0.4, -0.2) is 28.8 Å². The third kappa shape index (κ3) is 3.42. The molecule has 0 atom stereocenters. The third-order valence-electron chi connectivity index (χ3n) is 3.60.